The van der Waals surface area contributed by atoms with Crippen LogP contribution in [0.5, 0.6) is 0 Å². The van der Waals surface area contributed by atoms with Crippen LogP contribution in [0, 0.1) is 0 Å². The van der Waals surface area contributed by atoms with Crippen molar-refractivity contribution in [3.63, 3.8) is 0 Å². The first kappa shape index (κ1) is 34.8. The lowest BCUT2D eigenvalue weighted by Gasteiger charge is -2.42. The maximum absolute atomic E-state index is 13.0. The van der Waals surface area contributed by atoms with Crippen molar-refractivity contribution in [1.29, 1.82) is 0 Å². The number of quaternary nitrogens is 1. The Balaban J connectivity index is 0. The zero-order valence-electron chi connectivity index (χ0n) is 16.5. The van der Waals surface area contributed by atoms with E-state index in [1.165, 1.54) is 0 Å². The van der Waals surface area contributed by atoms with Crippen LogP contribution in [0.2, 0.25) is 0 Å². The first-order valence-corrected chi connectivity index (χ1v) is 8.86. The molecule has 0 N–H and O–H groups in total. The average Bonchev–Trinajstić information content (AvgIpc) is 2.49. The van der Waals surface area contributed by atoms with Gasteiger partial charge in [-0.25, -0.2) is 8.42 Å². The molecule has 0 radical (unpaired) electrons. The van der Waals surface area contributed by atoms with E-state index in [4.69, 9.17) is 0 Å². The summed E-state index contributed by atoms with van der Waals surface area (Å²) >= 11 is 0. The van der Waals surface area contributed by atoms with Gasteiger partial charge in [0.1, 0.15) is 0 Å². The third kappa shape index (κ3) is 5.41. The lowest BCUT2D eigenvalue weighted by Crippen LogP contribution is -2.75. The second kappa shape index (κ2) is 8.66. The molecule has 0 aromatic carbocycles. The zero-order valence-corrected chi connectivity index (χ0v) is 17.3. The molecule has 0 aliphatic carbocycles. The molecule has 4 nitrogen and oxygen atoms in total. The number of rotatable bonds is 7. The molecule has 0 aliphatic heterocycles. The van der Waals surface area contributed by atoms with Gasteiger partial charge >= 0.3 is 47.0 Å². The van der Waals surface area contributed by atoms with Gasteiger partial charge in [-0.3, -0.25) is 0 Å². The van der Waals surface area contributed by atoms with Crippen molar-refractivity contribution >= 4 is 10.1 Å². The highest BCUT2D eigenvalue weighted by molar-refractivity contribution is 7.86. The lowest BCUT2D eigenvalue weighted by atomic mass is 9.91. The van der Waals surface area contributed by atoms with Crippen LogP contribution >= 0.6 is 0 Å². The number of nitrogens with zero attached hydrogens (tertiary/aromatic N) is 1. The van der Waals surface area contributed by atoms with Gasteiger partial charge in [-0.2, -0.15) is 74.6 Å². The van der Waals surface area contributed by atoms with E-state index in [9.17, 15) is 87.6 Å². The number of alkyl halides is 17. The van der Waals surface area contributed by atoms with Gasteiger partial charge in [0.25, 0.3) is 0 Å². The van der Waals surface area contributed by atoms with Crippen LogP contribution in [0.15, 0.2) is 0 Å². The van der Waals surface area contributed by atoms with Gasteiger partial charge in [0.05, 0.1) is 28.2 Å². The largest absolute Gasteiger partial charge is 0.743 e. The molecular formula is C12H12F17NO3S. The molecule has 208 valence electrons. The highest BCUT2D eigenvalue weighted by Crippen LogP contribution is 2.64. The van der Waals surface area contributed by atoms with Crippen LogP contribution in [0.1, 0.15) is 0 Å². The Morgan fingerprint density at radius 1 is 0.471 bits per heavy atom. The van der Waals surface area contributed by atoms with E-state index < -0.39 is 57.1 Å². The topological polar surface area (TPSA) is 57.2 Å². The van der Waals surface area contributed by atoms with Crippen LogP contribution in [0.4, 0.5) is 74.6 Å². The Morgan fingerprint density at radius 2 is 0.647 bits per heavy atom. The van der Waals surface area contributed by atoms with Crippen molar-refractivity contribution in [3.8, 4) is 0 Å². The Hall–Kier alpha value is -1.32. The monoisotopic (exact) mass is 573 g/mol. The fraction of sp³-hybridized carbons (Fsp3) is 1.00. The van der Waals surface area contributed by atoms with Crippen LogP contribution < -0.4 is 0 Å². The van der Waals surface area contributed by atoms with Crippen molar-refractivity contribution < 1.29 is 92.1 Å². The Labute approximate surface area is 178 Å². The van der Waals surface area contributed by atoms with Crippen LogP contribution in [0.25, 0.3) is 0 Å². The Kier molecular flexibility index (Phi) is 8.88. The lowest BCUT2D eigenvalue weighted by molar-refractivity contribution is -0.849. The maximum atomic E-state index is 13.0. The molecule has 0 fully saturated rings. The predicted octanol–water partition coefficient (Wildman–Crippen LogP) is 4.82. The fourth-order valence-corrected chi connectivity index (χ4v) is 1.75. The molecule has 0 saturated heterocycles. The fourth-order valence-electron chi connectivity index (χ4n) is 1.31. The van der Waals surface area contributed by atoms with Gasteiger partial charge in [0.2, 0.25) is 0 Å². The summed E-state index contributed by atoms with van der Waals surface area (Å²) < 4.78 is 245. The summed E-state index contributed by atoms with van der Waals surface area (Å²) in [6.07, 6.45) is -7.89. The van der Waals surface area contributed by atoms with E-state index in [-0.39, 0.29) is 0 Å². The van der Waals surface area contributed by atoms with Crippen molar-refractivity contribution in [3.05, 3.63) is 0 Å². The molecule has 0 amide bonds. The molecule has 0 aliphatic rings. The van der Waals surface area contributed by atoms with Gasteiger partial charge in [-0.15, -0.1) is 0 Å². The van der Waals surface area contributed by atoms with Crippen molar-refractivity contribution in [2.45, 2.75) is 47.0 Å². The molecule has 0 unspecified atom stereocenters. The summed E-state index contributed by atoms with van der Waals surface area (Å²) in [5, 5.41) is -7.95. The van der Waals surface area contributed by atoms with Crippen LogP contribution in [-0.2, 0) is 10.1 Å². The molecule has 22 heteroatoms. The van der Waals surface area contributed by atoms with Crippen molar-refractivity contribution in [1.82, 2.24) is 0 Å². The molecule has 34 heavy (non-hydrogen) atoms. The highest BCUT2D eigenvalue weighted by atomic mass is 32.2. The zero-order chi connectivity index (χ0) is 29.0. The quantitative estimate of drug-likeness (QED) is 0.250. The molecule has 0 saturated carbocycles. The van der Waals surface area contributed by atoms with E-state index in [1.807, 2.05) is 0 Å². The molecule has 0 rings (SSSR count). The molecule has 0 aromatic rings. The van der Waals surface area contributed by atoms with Crippen LogP contribution in [0.3, 0.4) is 0 Å². The summed E-state index contributed by atoms with van der Waals surface area (Å²) in [7, 11) is 0.357. The van der Waals surface area contributed by atoms with E-state index in [0.29, 0.717) is 0 Å². The second-order valence-electron chi connectivity index (χ2n) is 7.60. The summed E-state index contributed by atoms with van der Waals surface area (Å²) in [5.74, 6) is -52.1. The standard InChI is InChI=1S/C8HF17O3S.C4H12N/c9-1(10,3(13,14)5(17,18)7(21,22)23)2(11,12)4(15,16)6(19,20)8(24,25)29(26,27)28;1-5(2,3)4/h(H,26,27,28);1-4H3/q;+1/p-1. The summed E-state index contributed by atoms with van der Waals surface area (Å²) in [5.41, 5.74) is 0. The Bertz CT molecular complexity index is 820. The minimum Gasteiger partial charge on any atom is -0.743 e. The second-order valence-corrected chi connectivity index (χ2v) is 9.02. The first-order chi connectivity index (χ1) is 14.0. The van der Waals surface area contributed by atoms with Gasteiger partial charge in [-0.1, -0.05) is 0 Å². The smallest absolute Gasteiger partial charge is 0.460 e. The van der Waals surface area contributed by atoms with Gasteiger partial charge in [0.15, 0.2) is 10.1 Å². The van der Waals surface area contributed by atoms with Crippen molar-refractivity contribution in [2.24, 2.45) is 0 Å². The normalized spacial score (nSPS) is 16.2. The van der Waals surface area contributed by atoms with Gasteiger partial charge in [-0.05, 0) is 0 Å². The number of halogens is 17. The summed E-state index contributed by atoms with van der Waals surface area (Å²) in [4.78, 5) is 0. The van der Waals surface area contributed by atoms with E-state index >= 15 is 0 Å². The average molecular weight is 573 g/mol. The Morgan fingerprint density at radius 3 is 0.824 bits per heavy atom. The SMILES string of the molecule is C[N+](C)(C)C.O=S(=O)([O-])C(F)(F)C(F)(F)C(F)(F)C(F)(F)C(F)(F)C(F)(F)C(F)(F)C(F)(F)F. The third-order valence-electron chi connectivity index (χ3n) is 3.01. The third-order valence-corrected chi connectivity index (χ3v) is 3.89. The predicted molar refractivity (Wildman–Crippen MR) is 74.3 cm³/mol. The molecule has 0 heterocycles. The van der Waals surface area contributed by atoms with Crippen LogP contribution in [-0.4, -0.2) is 92.6 Å². The van der Waals surface area contributed by atoms with E-state index in [1.54, 1.807) is 0 Å². The highest BCUT2D eigenvalue weighted by Gasteiger charge is 2.95. The summed E-state index contributed by atoms with van der Waals surface area (Å²) in [6.45, 7) is 0. The molecule has 0 bridgehead atoms. The van der Waals surface area contributed by atoms with Crippen molar-refractivity contribution in [2.75, 3.05) is 28.2 Å². The van der Waals surface area contributed by atoms with Gasteiger partial charge in [0, 0.05) is 0 Å². The van der Waals surface area contributed by atoms with E-state index in [0.717, 1.165) is 4.48 Å². The molecule has 0 aromatic heterocycles. The molecule has 0 spiro atoms. The molecule has 0 atom stereocenters. The first-order valence-electron chi connectivity index (χ1n) is 7.46. The van der Waals surface area contributed by atoms with E-state index in [2.05, 4.69) is 28.2 Å². The maximum Gasteiger partial charge on any atom is 0.460 e. The minimum absolute atomic E-state index is 1.00. The number of hydrogen-bond donors (Lipinski definition) is 0. The van der Waals surface area contributed by atoms with Gasteiger partial charge < -0.3 is 9.04 Å². The summed E-state index contributed by atoms with van der Waals surface area (Å²) in [6, 6.07) is 0. The molecular weight excluding hydrogens is 561 g/mol. The number of hydrogen-bond acceptors (Lipinski definition) is 3. The minimum atomic E-state index is -8.92.